The molecule has 0 atom stereocenters. The van der Waals surface area contributed by atoms with Gasteiger partial charge in [-0.05, 0) is 32.6 Å². The molecule has 0 rings (SSSR count). The van der Waals surface area contributed by atoms with Crippen molar-refractivity contribution in [3.8, 4) is 0 Å². The third-order valence-corrected chi connectivity index (χ3v) is 0.287. The molecule has 0 aromatic heterocycles. The molecule has 0 aromatic rings. The van der Waals surface area contributed by atoms with Crippen molar-refractivity contribution in [2.75, 3.05) is 7.11 Å². The van der Waals surface area contributed by atoms with Crippen LogP contribution in [-0.2, 0) is 14.3 Å². The summed E-state index contributed by atoms with van der Waals surface area (Å²) in [4.78, 5) is 20.0. The molecular weight excluding hydrogens is 188 g/mol. The maximum Gasteiger partial charge on any atom is 0.302 e. The van der Waals surface area contributed by atoms with Crippen LogP contribution in [0.15, 0.2) is 0 Å². The van der Waals surface area contributed by atoms with Crippen LogP contribution in [0.2, 0.25) is 0 Å². The number of carbonyl (C=O) groups is 2. The zero-order valence-corrected chi connectivity index (χ0v) is 9.95. The highest BCUT2D eigenvalue weighted by atomic mass is 32.1. The first-order valence-corrected chi connectivity index (χ1v) is 4.13. The Morgan fingerprint density at radius 3 is 1.08 bits per heavy atom. The second-order valence-corrected chi connectivity index (χ2v) is 3.33. The number of hydrogen-bond acceptors (Lipinski definition) is 4. The molecule has 0 heterocycles. The van der Waals surface area contributed by atoms with Gasteiger partial charge in [0.1, 0.15) is 5.78 Å². The molecule has 0 aromatic carbocycles. The lowest BCUT2D eigenvalue weighted by Crippen LogP contribution is -1.88. The van der Waals surface area contributed by atoms with Crippen LogP contribution in [0, 0.1) is 0 Å². The monoisotopic (exact) mass is 206 g/mol. The second-order valence-electron chi connectivity index (χ2n) is 2.51. The first-order valence-electron chi connectivity index (χ1n) is 3.72. The number of esters is 1. The van der Waals surface area contributed by atoms with Gasteiger partial charge in [-0.15, -0.1) is 0 Å². The zero-order valence-electron chi connectivity index (χ0n) is 9.13. The lowest BCUT2D eigenvalue weighted by Gasteiger charge is -1.80. The van der Waals surface area contributed by atoms with Crippen LogP contribution < -0.4 is 0 Å². The Bertz CT molecular complexity index is 144. The zero-order chi connectivity index (χ0) is 11.4. The minimum atomic E-state index is -0.245. The number of methoxy groups -OCH3 is 1. The van der Waals surface area contributed by atoms with Crippen molar-refractivity contribution in [2.45, 2.75) is 34.6 Å². The summed E-state index contributed by atoms with van der Waals surface area (Å²) in [7, 11) is 1.35. The number of ketones is 1. The Labute approximate surface area is 85.5 Å². The molecule has 0 aliphatic carbocycles. The summed E-state index contributed by atoms with van der Waals surface area (Å²) in [6, 6.07) is 0. The quantitative estimate of drug-likeness (QED) is 0.450. The van der Waals surface area contributed by atoms with Gasteiger partial charge >= 0.3 is 5.97 Å². The molecule has 0 saturated carbocycles. The minimum absolute atomic E-state index is 0.167. The summed E-state index contributed by atoms with van der Waals surface area (Å²) in [5, 5.41) is 0. The molecule has 0 spiro atoms. The lowest BCUT2D eigenvalue weighted by atomic mass is 10.6. The number of rotatable bonds is 0. The average molecular weight is 206 g/mol. The molecule has 0 aliphatic rings. The first kappa shape index (κ1) is 18.1. The molecule has 13 heavy (non-hydrogen) atoms. The van der Waals surface area contributed by atoms with Gasteiger partial charge in [-0.1, -0.05) is 12.2 Å². The molecule has 0 aliphatic heterocycles. The summed E-state index contributed by atoms with van der Waals surface area (Å²) in [5.41, 5.74) is 0. The van der Waals surface area contributed by atoms with E-state index in [1.165, 1.54) is 27.9 Å². The summed E-state index contributed by atoms with van der Waals surface area (Å²) in [5.74, 6) is -0.0787. The van der Waals surface area contributed by atoms with Crippen LogP contribution in [0.25, 0.3) is 0 Å². The Kier molecular flexibility index (Phi) is 19.2. The summed E-state index contributed by atoms with van der Waals surface area (Å²) in [6.45, 7) is 8.21. The predicted octanol–water partition coefficient (Wildman–Crippen LogP) is 2.17. The average Bonchev–Trinajstić information content (AvgIpc) is 1.84. The van der Waals surface area contributed by atoms with Crippen LogP contribution in [0.3, 0.4) is 0 Å². The van der Waals surface area contributed by atoms with Crippen molar-refractivity contribution in [3.63, 3.8) is 0 Å². The van der Waals surface area contributed by atoms with Gasteiger partial charge in [0.25, 0.3) is 0 Å². The first-order chi connectivity index (χ1) is 5.73. The summed E-state index contributed by atoms with van der Waals surface area (Å²) >= 11 is 4.54. The number of hydrogen-bond donors (Lipinski definition) is 0. The maximum absolute atomic E-state index is 9.59. The van der Waals surface area contributed by atoms with Gasteiger partial charge in [0, 0.05) is 6.92 Å². The number of thiocarbonyl (C=S) groups is 1. The standard InChI is InChI=1S/C3H6O2.C3H6O.C3H6S/c1-3(4)5-2;2*1-3(2)4/h1-2H3;2*1-2H3. The SMILES string of the molecule is CC(C)=O.CC(C)=S.COC(C)=O. The second kappa shape index (κ2) is 13.8. The van der Waals surface area contributed by atoms with Crippen LogP contribution in [-0.4, -0.2) is 23.7 Å². The summed E-state index contributed by atoms with van der Waals surface area (Å²) < 4.78 is 4.11. The minimum Gasteiger partial charge on any atom is -0.469 e. The fourth-order valence-corrected chi connectivity index (χ4v) is 0. The molecule has 0 unspecified atom stereocenters. The smallest absolute Gasteiger partial charge is 0.302 e. The van der Waals surface area contributed by atoms with Gasteiger partial charge in [0.05, 0.1) is 7.11 Å². The van der Waals surface area contributed by atoms with Gasteiger partial charge in [-0.3, -0.25) is 4.79 Å². The van der Waals surface area contributed by atoms with Crippen molar-refractivity contribution in [1.29, 1.82) is 0 Å². The molecule has 0 saturated heterocycles. The van der Waals surface area contributed by atoms with Crippen LogP contribution in [0.4, 0.5) is 0 Å². The highest BCUT2D eigenvalue weighted by molar-refractivity contribution is 7.80. The van der Waals surface area contributed by atoms with Crippen LogP contribution in [0.1, 0.15) is 34.6 Å². The largest absolute Gasteiger partial charge is 0.469 e. The van der Waals surface area contributed by atoms with E-state index in [4.69, 9.17) is 0 Å². The van der Waals surface area contributed by atoms with Gasteiger partial charge in [-0.25, -0.2) is 0 Å². The van der Waals surface area contributed by atoms with E-state index in [0.717, 1.165) is 4.86 Å². The topological polar surface area (TPSA) is 43.4 Å². The van der Waals surface area contributed by atoms with E-state index in [1.54, 1.807) is 0 Å². The Morgan fingerprint density at radius 1 is 1.00 bits per heavy atom. The van der Waals surface area contributed by atoms with E-state index in [9.17, 15) is 9.59 Å². The number of carbonyl (C=O) groups excluding carboxylic acids is 2. The molecule has 0 fully saturated rings. The highest BCUT2D eigenvalue weighted by Crippen LogP contribution is 1.61. The lowest BCUT2D eigenvalue weighted by molar-refractivity contribution is -0.137. The van der Waals surface area contributed by atoms with E-state index >= 15 is 0 Å². The molecule has 78 valence electrons. The Morgan fingerprint density at radius 2 is 1.08 bits per heavy atom. The fraction of sp³-hybridized carbons (Fsp3) is 0.667. The third-order valence-electron chi connectivity index (χ3n) is 0.287. The third kappa shape index (κ3) is 632. The van der Waals surface area contributed by atoms with Gasteiger partial charge in [-0.2, -0.15) is 0 Å². The molecule has 0 radical (unpaired) electrons. The molecule has 0 amide bonds. The van der Waals surface area contributed by atoms with E-state index < -0.39 is 0 Å². The molecule has 4 heteroatoms. The highest BCUT2D eigenvalue weighted by Gasteiger charge is 1.75. The molecule has 3 nitrogen and oxygen atoms in total. The molecule has 0 N–H and O–H groups in total. The van der Waals surface area contributed by atoms with Crippen molar-refractivity contribution in [3.05, 3.63) is 0 Å². The van der Waals surface area contributed by atoms with Crippen LogP contribution >= 0.6 is 12.2 Å². The van der Waals surface area contributed by atoms with Gasteiger partial charge < -0.3 is 9.53 Å². The predicted molar refractivity (Wildman–Crippen MR) is 58.0 cm³/mol. The van der Waals surface area contributed by atoms with Gasteiger partial charge in [0.15, 0.2) is 0 Å². The van der Waals surface area contributed by atoms with Gasteiger partial charge in [0.2, 0.25) is 0 Å². The van der Waals surface area contributed by atoms with Crippen molar-refractivity contribution >= 4 is 28.8 Å². The van der Waals surface area contributed by atoms with E-state index in [1.807, 2.05) is 13.8 Å². The molecular formula is C9H18O3S. The number of Topliss-reactive ketones (excluding diaryl/α,β-unsaturated/α-hetero) is 1. The van der Waals surface area contributed by atoms with E-state index in [0.29, 0.717) is 0 Å². The Hall–Kier alpha value is -0.770. The van der Waals surface area contributed by atoms with E-state index in [2.05, 4.69) is 17.0 Å². The number of ether oxygens (including phenoxy) is 1. The van der Waals surface area contributed by atoms with Crippen molar-refractivity contribution in [2.24, 2.45) is 0 Å². The fourth-order valence-electron chi connectivity index (χ4n) is 0. The van der Waals surface area contributed by atoms with Crippen LogP contribution in [0.5, 0.6) is 0 Å². The van der Waals surface area contributed by atoms with E-state index in [-0.39, 0.29) is 11.8 Å². The maximum atomic E-state index is 9.59. The molecule has 0 bridgehead atoms. The van der Waals surface area contributed by atoms with Crippen molar-refractivity contribution < 1.29 is 14.3 Å². The normalized spacial score (nSPS) is 6.62. The summed E-state index contributed by atoms with van der Waals surface area (Å²) in [6.07, 6.45) is 0. The Balaban J connectivity index is -0.000000117. The van der Waals surface area contributed by atoms with Crippen molar-refractivity contribution in [1.82, 2.24) is 0 Å².